The van der Waals surface area contributed by atoms with E-state index in [9.17, 15) is 25.1 Å². The molecule has 0 spiro atoms. The van der Waals surface area contributed by atoms with Crippen molar-refractivity contribution >= 4 is 28.6 Å². The number of hydrogen-bond donors (Lipinski definition) is 0. The summed E-state index contributed by atoms with van der Waals surface area (Å²) in [5.41, 5.74) is -5.74. The standard InChI is InChI=1S/C41H40F5N3O3S/c1-27-6-15-36-34(22-27)37(50)23-39(53-26-31-4-3-5-35(42)40(31)43)49(36)25-38(51)48(33-16-18-47(19-17-33)20-21-52-2)24-28-7-9-29(10-8-28)30-11-13-32(14-12-30)41(44,45)46/h3-15,22-23,33H,16-21,24-26H2,1-2H3/i2D3,6D,15D,22D,23D,24D2,26D2. The lowest BCUT2D eigenvalue weighted by Crippen LogP contribution is -2.48. The van der Waals surface area contributed by atoms with Crippen LogP contribution in [0.2, 0.25) is 0 Å². The molecule has 1 amide bonds. The molecule has 0 radical (unpaired) electrons. The van der Waals surface area contributed by atoms with Gasteiger partial charge in [-0.05, 0) is 66.7 Å². The van der Waals surface area contributed by atoms with Gasteiger partial charge in [-0.25, -0.2) is 8.78 Å². The van der Waals surface area contributed by atoms with Crippen molar-refractivity contribution in [2.24, 2.45) is 0 Å². The number of alkyl halides is 3. The van der Waals surface area contributed by atoms with Gasteiger partial charge >= 0.3 is 6.18 Å². The van der Waals surface area contributed by atoms with E-state index in [0.29, 0.717) is 11.1 Å². The Kier molecular flexibility index (Phi) is 8.26. The Morgan fingerprint density at radius 3 is 2.40 bits per heavy atom. The Bertz CT molecular complexity index is 2620. The topological polar surface area (TPSA) is 54.8 Å². The number of rotatable bonds is 12. The Labute approximate surface area is 324 Å². The summed E-state index contributed by atoms with van der Waals surface area (Å²) in [5.74, 6) is -4.01. The van der Waals surface area contributed by atoms with Crippen molar-refractivity contribution in [3.63, 3.8) is 0 Å². The number of pyridine rings is 1. The fourth-order valence-corrected chi connectivity index (χ4v) is 6.75. The first-order chi connectivity index (χ1) is 29.7. The number of nitrogens with zero attached hydrogens (tertiary/aromatic N) is 3. The molecule has 0 bridgehead atoms. The van der Waals surface area contributed by atoms with Gasteiger partial charge in [0.1, 0.15) is 6.54 Å². The molecule has 2 heterocycles. The van der Waals surface area contributed by atoms with Gasteiger partial charge < -0.3 is 19.1 Å². The maximum absolute atomic E-state index is 15.1. The highest BCUT2D eigenvalue weighted by atomic mass is 32.2. The second-order valence-electron chi connectivity index (χ2n) is 12.3. The number of fused-ring (bicyclic) bond motifs is 1. The molecule has 1 aliphatic heterocycles. The second-order valence-corrected chi connectivity index (χ2v) is 13.1. The monoisotopic (exact) mass is 760 g/mol. The summed E-state index contributed by atoms with van der Waals surface area (Å²) in [7, 11) is -2.63. The van der Waals surface area contributed by atoms with Crippen molar-refractivity contribution in [1.82, 2.24) is 14.4 Å². The number of halogens is 5. The summed E-state index contributed by atoms with van der Waals surface area (Å²) in [6, 6.07) is 8.97. The van der Waals surface area contributed by atoms with E-state index in [2.05, 4.69) is 0 Å². The average Bonchev–Trinajstić information content (AvgIpc) is 3.22. The predicted octanol–water partition coefficient (Wildman–Crippen LogP) is 8.71. The van der Waals surface area contributed by atoms with Gasteiger partial charge in [-0.2, -0.15) is 13.2 Å². The van der Waals surface area contributed by atoms with Crippen molar-refractivity contribution in [3.8, 4) is 11.1 Å². The van der Waals surface area contributed by atoms with Gasteiger partial charge in [-0.1, -0.05) is 60.1 Å². The number of amides is 1. The van der Waals surface area contributed by atoms with Crippen LogP contribution in [0.3, 0.4) is 0 Å². The highest BCUT2D eigenvalue weighted by molar-refractivity contribution is 7.98. The molecular formula is C41H40F5N3O3S. The zero-order chi connectivity index (χ0) is 47.3. The maximum atomic E-state index is 15.1. The van der Waals surface area contributed by atoms with Crippen LogP contribution in [-0.2, 0) is 34.5 Å². The number of hydrogen-bond acceptors (Lipinski definition) is 5. The highest BCUT2D eigenvalue weighted by Crippen LogP contribution is 2.32. The lowest BCUT2D eigenvalue weighted by Gasteiger charge is -2.39. The first-order valence-corrected chi connectivity index (χ1v) is 17.3. The van der Waals surface area contributed by atoms with E-state index in [4.69, 9.17) is 17.1 Å². The Morgan fingerprint density at radius 1 is 1.02 bits per heavy atom. The van der Waals surface area contributed by atoms with Crippen LogP contribution in [-0.4, -0.2) is 59.6 Å². The van der Waals surface area contributed by atoms with E-state index < -0.39 is 112 Å². The first-order valence-electron chi connectivity index (χ1n) is 22.0. The van der Waals surface area contributed by atoms with E-state index in [0.717, 1.165) is 39.8 Å². The van der Waals surface area contributed by atoms with Crippen LogP contribution < -0.4 is 5.43 Å². The zero-order valence-corrected chi connectivity index (χ0v) is 29.1. The maximum Gasteiger partial charge on any atom is 0.416 e. The van der Waals surface area contributed by atoms with E-state index in [-0.39, 0.29) is 62.0 Å². The van der Waals surface area contributed by atoms with Crippen LogP contribution in [0.25, 0.3) is 22.0 Å². The SMILES string of the molecule is [2H]c1c(C)c([2H])c2c(=O)c([2H])c(SC([2H])([2H])c3cccc(F)c3F)n(CC(=O)N(C3CCN(CCOC([2H])([2H])[2H])CC3)C([2H])([2H])c3ccc(-c4ccc(C(F)(F)F)cc4)cc3)c2c1[2H]. The number of methoxy groups -OCH3 is 1. The number of carbonyl (C=O) groups is 1. The molecule has 1 fully saturated rings. The van der Waals surface area contributed by atoms with Gasteiger partial charge in [0.05, 0.1) is 35.0 Å². The lowest BCUT2D eigenvalue weighted by molar-refractivity contribution is -0.137. The summed E-state index contributed by atoms with van der Waals surface area (Å²) in [6.45, 7) is -1.89. The first kappa shape index (κ1) is 26.3. The van der Waals surface area contributed by atoms with Gasteiger partial charge in [-0.15, -0.1) is 11.8 Å². The fourth-order valence-electron chi connectivity index (χ4n) is 5.98. The molecule has 6 nitrogen and oxygen atoms in total. The summed E-state index contributed by atoms with van der Waals surface area (Å²) in [6.07, 6.45) is -4.33. The lowest BCUT2D eigenvalue weighted by atomic mass is 10.00. The zero-order valence-electron chi connectivity index (χ0n) is 39.2. The molecule has 53 heavy (non-hydrogen) atoms. The summed E-state index contributed by atoms with van der Waals surface area (Å²) in [4.78, 5) is 31.7. The summed E-state index contributed by atoms with van der Waals surface area (Å²) in [5, 5.41) is -1.22. The molecule has 5 aromatic rings. The Morgan fingerprint density at radius 2 is 1.72 bits per heavy atom. The fraction of sp³-hybridized carbons (Fsp3) is 0.317. The molecular weight excluding hydrogens is 710 g/mol. The molecule has 1 aromatic heterocycles. The molecule has 0 atom stereocenters. The quantitative estimate of drug-likeness (QED) is 0.0942. The Hall–Kier alpha value is -4.52. The van der Waals surface area contributed by atoms with E-state index in [1.807, 2.05) is 4.90 Å². The summed E-state index contributed by atoms with van der Waals surface area (Å²) >= 11 is 0.0439. The second kappa shape index (κ2) is 16.7. The average molecular weight is 761 g/mol. The van der Waals surface area contributed by atoms with Gasteiger partial charge in [0.25, 0.3) is 0 Å². The molecule has 278 valence electrons. The molecule has 1 aliphatic rings. The number of ether oxygens (including phenoxy) is 1. The molecule has 1 saturated heterocycles. The van der Waals surface area contributed by atoms with Crippen LogP contribution >= 0.6 is 11.8 Å². The smallest absolute Gasteiger partial charge is 0.383 e. The number of likely N-dealkylation sites (tertiary alicyclic amines) is 1. The molecule has 12 heteroatoms. The normalized spacial score (nSPS) is 18.0. The number of aromatic nitrogens is 1. The van der Waals surface area contributed by atoms with Crippen LogP contribution in [0.1, 0.15) is 50.2 Å². The van der Waals surface area contributed by atoms with Crippen molar-refractivity contribution in [3.05, 3.63) is 135 Å². The van der Waals surface area contributed by atoms with Crippen LogP contribution in [0.5, 0.6) is 0 Å². The molecule has 0 N–H and O–H groups in total. The van der Waals surface area contributed by atoms with Crippen molar-refractivity contribution in [2.45, 2.75) is 55.8 Å². The third-order valence-electron chi connectivity index (χ3n) is 8.76. The van der Waals surface area contributed by atoms with Crippen molar-refractivity contribution in [1.29, 1.82) is 0 Å². The predicted molar refractivity (Wildman–Crippen MR) is 198 cm³/mol. The molecule has 4 aromatic carbocycles. The third kappa shape index (κ3) is 9.17. The number of carbonyl (C=O) groups excluding carboxylic acids is 1. The molecule has 0 aliphatic carbocycles. The minimum atomic E-state index is -4.57. The minimum Gasteiger partial charge on any atom is -0.383 e. The number of thioether (sulfide) groups is 1. The van der Waals surface area contributed by atoms with E-state index in [1.54, 1.807) is 0 Å². The molecule has 0 unspecified atom stereocenters. The number of benzene rings is 4. The third-order valence-corrected chi connectivity index (χ3v) is 9.60. The van der Waals surface area contributed by atoms with Gasteiger partial charge in [0, 0.05) is 64.6 Å². The van der Waals surface area contributed by atoms with E-state index in [1.165, 1.54) is 43.3 Å². The Balaban J connectivity index is 1.46. The molecule has 0 saturated carbocycles. The summed E-state index contributed by atoms with van der Waals surface area (Å²) < 4.78 is 169. The largest absolute Gasteiger partial charge is 0.416 e. The van der Waals surface area contributed by atoms with E-state index >= 15 is 9.18 Å². The number of piperidine rings is 1. The van der Waals surface area contributed by atoms with Gasteiger partial charge in [-0.3, -0.25) is 9.59 Å². The van der Waals surface area contributed by atoms with Crippen molar-refractivity contribution < 1.29 is 46.6 Å². The van der Waals surface area contributed by atoms with Crippen LogP contribution in [0.4, 0.5) is 22.0 Å². The van der Waals surface area contributed by atoms with Gasteiger partial charge in [0.15, 0.2) is 17.1 Å². The van der Waals surface area contributed by atoms with Gasteiger partial charge in [0.2, 0.25) is 5.91 Å². The highest BCUT2D eigenvalue weighted by Gasteiger charge is 2.31. The van der Waals surface area contributed by atoms with Crippen LogP contribution in [0.15, 0.2) is 101 Å². The van der Waals surface area contributed by atoms with Crippen LogP contribution in [0, 0.1) is 18.6 Å². The minimum absolute atomic E-state index is 0.0439. The van der Waals surface area contributed by atoms with Crippen molar-refractivity contribution in [2.75, 3.05) is 33.3 Å². The molecule has 6 rings (SSSR count).